The van der Waals surface area contributed by atoms with Gasteiger partial charge in [-0.05, 0) is 59.7 Å². The molecular weight excluding hydrogens is 393 g/mol. The van der Waals surface area contributed by atoms with Crippen molar-refractivity contribution in [3.63, 3.8) is 0 Å². The van der Waals surface area contributed by atoms with Crippen molar-refractivity contribution < 1.29 is 23.4 Å². The average molecular weight is 415 g/mol. The first-order valence-corrected chi connectivity index (χ1v) is 9.10. The topological polar surface area (TPSA) is 100 Å². The molecule has 0 aliphatic carbocycles. The van der Waals surface area contributed by atoms with Gasteiger partial charge in [-0.1, -0.05) is 0 Å². The smallest absolute Gasteiger partial charge is 0.224 e. The highest BCUT2D eigenvalue weighted by atomic mass is 19.1. The van der Waals surface area contributed by atoms with Crippen LogP contribution in [0.5, 0.6) is 17.2 Å². The molecule has 0 fully saturated rings. The molecule has 1 amide bonds. The molecule has 0 unspecified atom stereocenters. The van der Waals surface area contributed by atoms with Gasteiger partial charge >= 0.3 is 0 Å². The number of benzene rings is 2. The minimum Gasteiger partial charge on any atom is -0.493 e. The van der Waals surface area contributed by atoms with E-state index in [1.807, 2.05) is 0 Å². The first kappa shape index (κ1) is 21.0. The number of hydrogen-bond donors (Lipinski definition) is 1. The van der Waals surface area contributed by atoms with Gasteiger partial charge in [0.05, 0.1) is 21.3 Å². The fraction of sp³-hybridized carbons (Fsp3) is 0.300. The first-order valence-electron chi connectivity index (χ1n) is 9.10. The molecule has 3 aromatic rings. The monoisotopic (exact) mass is 415 g/mol. The number of amides is 1. The van der Waals surface area contributed by atoms with Crippen LogP contribution in [0.15, 0.2) is 30.3 Å². The molecule has 0 spiro atoms. The van der Waals surface area contributed by atoms with Crippen LogP contribution in [0.4, 0.5) is 10.1 Å². The Morgan fingerprint density at radius 1 is 1.10 bits per heavy atom. The number of ether oxygens (including phenoxy) is 3. The Morgan fingerprint density at radius 2 is 1.80 bits per heavy atom. The second kappa shape index (κ2) is 9.21. The molecule has 3 rings (SSSR count). The molecule has 9 nitrogen and oxygen atoms in total. The van der Waals surface area contributed by atoms with Crippen molar-refractivity contribution in [1.82, 2.24) is 20.2 Å². The second-order valence-electron chi connectivity index (χ2n) is 6.39. The van der Waals surface area contributed by atoms with E-state index in [1.165, 1.54) is 44.2 Å². The second-order valence-corrected chi connectivity index (χ2v) is 6.39. The number of carbonyl (C=O) groups excluding carboxylic acids is 1. The van der Waals surface area contributed by atoms with Crippen molar-refractivity contribution in [2.24, 2.45) is 0 Å². The molecule has 30 heavy (non-hydrogen) atoms. The number of carbonyl (C=O) groups is 1. The van der Waals surface area contributed by atoms with Crippen LogP contribution in [0.1, 0.15) is 17.8 Å². The highest BCUT2D eigenvalue weighted by Gasteiger charge is 2.15. The Labute approximate surface area is 172 Å². The van der Waals surface area contributed by atoms with Crippen LogP contribution in [0.3, 0.4) is 0 Å². The number of rotatable bonds is 8. The van der Waals surface area contributed by atoms with Crippen molar-refractivity contribution in [2.45, 2.75) is 19.8 Å². The van der Waals surface area contributed by atoms with E-state index in [9.17, 15) is 9.18 Å². The fourth-order valence-electron chi connectivity index (χ4n) is 2.97. The Kier molecular flexibility index (Phi) is 6.45. The summed E-state index contributed by atoms with van der Waals surface area (Å²) in [6.45, 7) is 1.65. The summed E-state index contributed by atoms with van der Waals surface area (Å²) in [4.78, 5) is 12.4. The molecule has 1 heterocycles. The van der Waals surface area contributed by atoms with Crippen molar-refractivity contribution in [3.8, 4) is 22.9 Å². The molecule has 10 heteroatoms. The van der Waals surface area contributed by atoms with Crippen LogP contribution in [-0.4, -0.2) is 47.4 Å². The van der Waals surface area contributed by atoms with Crippen LogP contribution < -0.4 is 19.5 Å². The number of nitrogens with zero attached hydrogens (tertiary/aromatic N) is 4. The number of halogens is 1. The molecule has 1 aromatic heterocycles. The van der Waals surface area contributed by atoms with Crippen molar-refractivity contribution in [2.75, 3.05) is 26.6 Å². The van der Waals surface area contributed by atoms with Crippen LogP contribution in [0.25, 0.3) is 5.69 Å². The lowest BCUT2D eigenvalue weighted by atomic mass is 10.1. The zero-order chi connectivity index (χ0) is 21.7. The third-order valence-corrected chi connectivity index (χ3v) is 4.45. The molecule has 0 aliphatic rings. The summed E-state index contributed by atoms with van der Waals surface area (Å²) in [5.74, 6) is 1.24. The number of aromatic nitrogens is 4. The fourth-order valence-corrected chi connectivity index (χ4v) is 2.97. The van der Waals surface area contributed by atoms with Crippen LogP contribution >= 0.6 is 0 Å². The number of aryl methyl sites for hydroxylation is 2. The maximum absolute atomic E-state index is 14.2. The largest absolute Gasteiger partial charge is 0.493 e. The third-order valence-electron chi connectivity index (χ3n) is 4.45. The Bertz CT molecular complexity index is 1030. The van der Waals surface area contributed by atoms with Gasteiger partial charge in [0.1, 0.15) is 11.5 Å². The summed E-state index contributed by atoms with van der Waals surface area (Å²) in [7, 11) is 4.60. The van der Waals surface area contributed by atoms with Gasteiger partial charge in [0, 0.05) is 12.1 Å². The minimum atomic E-state index is -0.499. The Hall–Kier alpha value is -3.69. The average Bonchev–Trinajstić information content (AvgIpc) is 3.18. The first-order chi connectivity index (χ1) is 14.5. The van der Waals surface area contributed by atoms with Gasteiger partial charge in [-0.25, -0.2) is 4.39 Å². The highest BCUT2D eigenvalue weighted by molar-refractivity contribution is 5.91. The molecule has 0 saturated heterocycles. The van der Waals surface area contributed by atoms with Crippen LogP contribution in [-0.2, 0) is 11.2 Å². The van der Waals surface area contributed by atoms with Gasteiger partial charge in [-0.2, -0.15) is 4.68 Å². The minimum absolute atomic E-state index is 0.153. The number of hydrogen-bond acceptors (Lipinski definition) is 7. The van der Waals surface area contributed by atoms with Gasteiger partial charge in [-0.3, -0.25) is 4.79 Å². The van der Waals surface area contributed by atoms with Crippen molar-refractivity contribution in [3.05, 3.63) is 47.5 Å². The maximum Gasteiger partial charge on any atom is 0.224 e. The lowest BCUT2D eigenvalue weighted by Crippen LogP contribution is -2.13. The van der Waals surface area contributed by atoms with Crippen LogP contribution in [0, 0.1) is 12.7 Å². The summed E-state index contributed by atoms with van der Waals surface area (Å²) in [5.41, 5.74) is 1.44. The Balaban J connectivity index is 1.70. The summed E-state index contributed by atoms with van der Waals surface area (Å²) >= 11 is 0. The van der Waals surface area contributed by atoms with Crippen LogP contribution in [0.2, 0.25) is 0 Å². The van der Waals surface area contributed by atoms with E-state index < -0.39 is 5.82 Å². The quantitative estimate of drug-likeness (QED) is 0.604. The highest BCUT2D eigenvalue weighted by Crippen LogP contribution is 2.38. The van der Waals surface area contributed by atoms with Gasteiger partial charge in [0.15, 0.2) is 17.3 Å². The molecule has 1 N–H and O–H groups in total. The van der Waals surface area contributed by atoms with E-state index in [1.54, 1.807) is 19.1 Å². The van der Waals surface area contributed by atoms with Gasteiger partial charge in [0.25, 0.3) is 0 Å². The summed E-state index contributed by atoms with van der Waals surface area (Å²) in [6.07, 6.45) is 0.651. The zero-order valence-electron chi connectivity index (χ0n) is 17.1. The molecular formula is C20H22FN5O4. The molecule has 0 saturated carbocycles. The van der Waals surface area contributed by atoms with E-state index in [0.29, 0.717) is 35.2 Å². The maximum atomic E-state index is 14.2. The molecule has 158 valence electrons. The van der Waals surface area contributed by atoms with E-state index in [0.717, 1.165) is 5.56 Å². The lowest BCUT2D eigenvalue weighted by molar-refractivity contribution is -0.116. The lowest BCUT2D eigenvalue weighted by Gasteiger charge is -2.14. The molecule has 0 atom stereocenters. The summed E-state index contributed by atoms with van der Waals surface area (Å²) < 4.78 is 31.4. The summed E-state index contributed by atoms with van der Waals surface area (Å²) in [6, 6.07) is 7.81. The molecule has 0 aliphatic heterocycles. The molecule has 0 radical (unpaired) electrons. The SMILES string of the molecule is COc1cc(CCC(=O)Nc2ccc(F)c(-n3nnnc3C)c2)cc(OC)c1OC. The van der Waals surface area contributed by atoms with E-state index in [4.69, 9.17) is 14.2 Å². The van der Waals surface area contributed by atoms with Crippen molar-refractivity contribution >= 4 is 11.6 Å². The number of methoxy groups -OCH3 is 3. The predicted molar refractivity (Wildman–Crippen MR) is 107 cm³/mol. The normalized spacial score (nSPS) is 10.6. The van der Waals surface area contributed by atoms with Gasteiger partial charge < -0.3 is 19.5 Å². The third kappa shape index (κ3) is 4.48. The van der Waals surface area contributed by atoms with E-state index in [-0.39, 0.29) is 18.0 Å². The number of nitrogens with one attached hydrogen (secondary N) is 1. The van der Waals surface area contributed by atoms with E-state index in [2.05, 4.69) is 20.8 Å². The zero-order valence-corrected chi connectivity index (χ0v) is 17.1. The number of anilines is 1. The Morgan fingerprint density at radius 3 is 2.37 bits per heavy atom. The molecule has 2 aromatic carbocycles. The van der Waals surface area contributed by atoms with Gasteiger partial charge in [0.2, 0.25) is 11.7 Å². The summed E-state index contributed by atoms with van der Waals surface area (Å²) in [5, 5.41) is 13.8. The standard InChI is InChI=1S/C20H22FN5O4/c1-12-23-24-25-26(12)16-11-14(6-7-15(16)21)22-19(27)8-5-13-9-17(28-2)20(30-4)18(10-13)29-3/h6-7,9-11H,5,8H2,1-4H3,(H,22,27). The molecule has 0 bridgehead atoms. The van der Waals surface area contributed by atoms with E-state index >= 15 is 0 Å². The predicted octanol–water partition coefficient (Wildman–Crippen LogP) is 2.71. The van der Waals surface area contributed by atoms with Crippen molar-refractivity contribution in [1.29, 1.82) is 0 Å². The van der Waals surface area contributed by atoms with Gasteiger partial charge in [-0.15, -0.1) is 5.10 Å². The number of tetrazole rings is 1.